The molecule has 1 aromatic heterocycles. The van der Waals surface area contributed by atoms with E-state index in [1.807, 2.05) is 56.3 Å². The van der Waals surface area contributed by atoms with Crippen molar-refractivity contribution in [1.82, 2.24) is 9.55 Å². The van der Waals surface area contributed by atoms with E-state index in [2.05, 4.69) is 4.98 Å². The summed E-state index contributed by atoms with van der Waals surface area (Å²) >= 11 is 1.31. The molecule has 0 saturated heterocycles. The number of benzene rings is 2. The standard InChI is InChI=1S/C19H18N2O2S/c1-12-8-10-14(11-9-12)17(22)13(2)24-19-20-16-7-5-4-6-15(16)18(23)21(19)3/h4-11,13H,1-3H3. The molecule has 1 unspecified atom stereocenters. The normalized spacial score (nSPS) is 12.3. The summed E-state index contributed by atoms with van der Waals surface area (Å²) < 4.78 is 1.51. The molecule has 122 valence electrons. The maximum Gasteiger partial charge on any atom is 0.261 e. The molecule has 4 nitrogen and oxygen atoms in total. The highest BCUT2D eigenvalue weighted by molar-refractivity contribution is 8.00. The summed E-state index contributed by atoms with van der Waals surface area (Å²) in [6.07, 6.45) is 0. The Balaban J connectivity index is 1.91. The van der Waals surface area contributed by atoms with E-state index in [0.717, 1.165) is 5.56 Å². The van der Waals surface area contributed by atoms with Crippen molar-refractivity contribution in [2.24, 2.45) is 7.05 Å². The number of carbonyl (C=O) groups excluding carboxylic acids is 1. The van der Waals surface area contributed by atoms with Crippen molar-refractivity contribution in [1.29, 1.82) is 0 Å². The predicted octanol–water partition coefficient (Wildman–Crippen LogP) is 3.61. The highest BCUT2D eigenvalue weighted by Crippen LogP contribution is 2.24. The van der Waals surface area contributed by atoms with Gasteiger partial charge in [0.1, 0.15) is 0 Å². The van der Waals surface area contributed by atoms with Crippen LogP contribution in [0.2, 0.25) is 0 Å². The molecule has 1 atom stereocenters. The van der Waals surface area contributed by atoms with Gasteiger partial charge in [-0.2, -0.15) is 0 Å². The maximum atomic E-state index is 12.6. The molecule has 0 saturated carbocycles. The van der Waals surface area contributed by atoms with E-state index in [-0.39, 0.29) is 16.6 Å². The Morgan fingerprint density at radius 2 is 1.79 bits per heavy atom. The van der Waals surface area contributed by atoms with E-state index in [1.165, 1.54) is 16.3 Å². The molecule has 0 N–H and O–H groups in total. The Morgan fingerprint density at radius 3 is 2.50 bits per heavy atom. The lowest BCUT2D eigenvalue weighted by Crippen LogP contribution is -2.22. The number of hydrogen-bond acceptors (Lipinski definition) is 4. The quantitative estimate of drug-likeness (QED) is 0.414. The smallest absolute Gasteiger partial charge is 0.261 e. The first kappa shape index (κ1) is 16.5. The van der Waals surface area contributed by atoms with Crippen molar-refractivity contribution in [2.45, 2.75) is 24.3 Å². The molecule has 0 bridgehead atoms. The molecule has 0 amide bonds. The summed E-state index contributed by atoms with van der Waals surface area (Å²) in [5.41, 5.74) is 2.34. The van der Waals surface area contributed by atoms with Crippen molar-refractivity contribution >= 4 is 28.4 Å². The van der Waals surface area contributed by atoms with E-state index >= 15 is 0 Å². The van der Waals surface area contributed by atoms with Crippen molar-refractivity contribution in [2.75, 3.05) is 0 Å². The zero-order valence-electron chi connectivity index (χ0n) is 13.8. The molecule has 5 heteroatoms. The molecule has 3 aromatic rings. The Morgan fingerprint density at radius 1 is 1.12 bits per heavy atom. The van der Waals surface area contributed by atoms with Crippen LogP contribution in [0.15, 0.2) is 58.5 Å². The first-order valence-corrected chi connectivity index (χ1v) is 8.58. The monoisotopic (exact) mass is 338 g/mol. The van der Waals surface area contributed by atoms with E-state index in [9.17, 15) is 9.59 Å². The van der Waals surface area contributed by atoms with Crippen LogP contribution in [0.1, 0.15) is 22.8 Å². The molecule has 0 spiro atoms. The predicted molar refractivity (Wildman–Crippen MR) is 97.8 cm³/mol. The molecular formula is C19H18N2O2S. The number of carbonyl (C=O) groups is 1. The fourth-order valence-electron chi connectivity index (χ4n) is 2.47. The average molecular weight is 338 g/mol. The van der Waals surface area contributed by atoms with Gasteiger partial charge in [-0.1, -0.05) is 53.7 Å². The highest BCUT2D eigenvalue weighted by Gasteiger charge is 2.19. The van der Waals surface area contributed by atoms with Gasteiger partial charge in [-0.25, -0.2) is 4.98 Å². The van der Waals surface area contributed by atoms with Crippen LogP contribution in [-0.4, -0.2) is 20.6 Å². The Hall–Kier alpha value is -2.40. The lowest BCUT2D eigenvalue weighted by molar-refractivity contribution is 0.0994. The Kier molecular flexibility index (Phi) is 4.53. The molecule has 0 radical (unpaired) electrons. The lowest BCUT2D eigenvalue weighted by Gasteiger charge is -2.13. The molecule has 1 heterocycles. The van der Waals surface area contributed by atoms with Gasteiger partial charge in [-0.3, -0.25) is 14.2 Å². The van der Waals surface area contributed by atoms with Crippen LogP contribution in [-0.2, 0) is 7.05 Å². The van der Waals surface area contributed by atoms with Gasteiger partial charge in [0.2, 0.25) is 0 Å². The third kappa shape index (κ3) is 3.12. The molecule has 0 aliphatic carbocycles. The number of thioether (sulfide) groups is 1. The van der Waals surface area contributed by atoms with Crippen LogP contribution < -0.4 is 5.56 Å². The summed E-state index contributed by atoms with van der Waals surface area (Å²) in [5, 5.41) is 0.806. The van der Waals surface area contributed by atoms with Crippen LogP contribution in [0.25, 0.3) is 10.9 Å². The van der Waals surface area contributed by atoms with Gasteiger partial charge in [-0.05, 0) is 26.0 Å². The minimum Gasteiger partial charge on any atom is -0.293 e. The summed E-state index contributed by atoms with van der Waals surface area (Å²) in [6, 6.07) is 14.8. The van der Waals surface area contributed by atoms with Gasteiger partial charge in [-0.15, -0.1) is 0 Å². The minimum absolute atomic E-state index is 0.0300. The molecule has 2 aromatic carbocycles. The van der Waals surface area contributed by atoms with Crippen LogP contribution in [0.5, 0.6) is 0 Å². The van der Waals surface area contributed by atoms with Gasteiger partial charge < -0.3 is 0 Å². The number of rotatable bonds is 4. The van der Waals surface area contributed by atoms with Crippen LogP contribution >= 0.6 is 11.8 Å². The first-order chi connectivity index (χ1) is 11.5. The van der Waals surface area contributed by atoms with Crippen molar-refractivity contribution in [3.8, 4) is 0 Å². The summed E-state index contributed by atoms with van der Waals surface area (Å²) in [7, 11) is 1.69. The molecule has 0 fully saturated rings. The van der Waals surface area contributed by atoms with E-state index < -0.39 is 0 Å². The molecular weight excluding hydrogens is 320 g/mol. The zero-order chi connectivity index (χ0) is 17.3. The van der Waals surface area contributed by atoms with E-state index in [4.69, 9.17) is 0 Å². The second-order valence-electron chi connectivity index (χ2n) is 5.77. The molecule has 24 heavy (non-hydrogen) atoms. The van der Waals surface area contributed by atoms with Crippen LogP contribution in [0.3, 0.4) is 0 Å². The zero-order valence-corrected chi connectivity index (χ0v) is 14.6. The lowest BCUT2D eigenvalue weighted by atomic mass is 10.1. The van der Waals surface area contributed by atoms with Gasteiger partial charge in [0.05, 0.1) is 16.2 Å². The van der Waals surface area contributed by atoms with Gasteiger partial charge in [0.15, 0.2) is 10.9 Å². The highest BCUT2D eigenvalue weighted by atomic mass is 32.2. The number of fused-ring (bicyclic) bond motifs is 1. The van der Waals surface area contributed by atoms with Gasteiger partial charge >= 0.3 is 0 Å². The third-order valence-electron chi connectivity index (χ3n) is 3.93. The number of para-hydroxylation sites is 1. The number of Topliss-reactive ketones (excluding diaryl/α,β-unsaturated/α-hetero) is 1. The second-order valence-corrected chi connectivity index (χ2v) is 7.07. The summed E-state index contributed by atoms with van der Waals surface area (Å²) in [5.74, 6) is 0.0300. The first-order valence-electron chi connectivity index (χ1n) is 7.70. The topological polar surface area (TPSA) is 52.0 Å². The van der Waals surface area contributed by atoms with Crippen molar-refractivity contribution < 1.29 is 4.79 Å². The van der Waals surface area contributed by atoms with Crippen molar-refractivity contribution in [3.05, 3.63) is 70.0 Å². The number of nitrogens with zero attached hydrogens (tertiary/aromatic N) is 2. The fourth-order valence-corrected chi connectivity index (χ4v) is 3.42. The van der Waals surface area contributed by atoms with Gasteiger partial charge in [0.25, 0.3) is 5.56 Å². The summed E-state index contributed by atoms with van der Waals surface area (Å²) in [6.45, 7) is 3.83. The minimum atomic E-state index is -0.327. The van der Waals surface area contributed by atoms with Crippen LogP contribution in [0.4, 0.5) is 0 Å². The maximum absolute atomic E-state index is 12.6. The number of ketones is 1. The van der Waals surface area contributed by atoms with Gasteiger partial charge in [0, 0.05) is 12.6 Å². The third-order valence-corrected chi connectivity index (χ3v) is 5.07. The molecule has 0 aliphatic rings. The average Bonchev–Trinajstić information content (AvgIpc) is 2.59. The number of hydrogen-bond donors (Lipinski definition) is 0. The summed E-state index contributed by atoms with van der Waals surface area (Å²) in [4.78, 5) is 29.6. The van der Waals surface area contributed by atoms with E-state index in [1.54, 1.807) is 13.1 Å². The number of aromatic nitrogens is 2. The fraction of sp³-hybridized carbons (Fsp3) is 0.211. The SMILES string of the molecule is Cc1ccc(C(=O)C(C)Sc2nc3ccccc3c(=O)n2C)cc1. The largest absolute Gasteiger partial charge is 0.293 e. The Labute approximate surface area is 144 Å². The second kappa shape index (κ2) is 6.61. The van der Waals surface area contributed by atoms with Crippen LogP contribution in [0, 0.1) is 6.92 Å². The Bertz CT molecular complexity index is 961. The molecule has 3 rings (SSSR count). The number of aryl methyl sites for hydroxylation is 1. The van der Waals surface area contributed by atoms with Crippen molar-refractivity contribution in [3.63, 3.8) is 0 Å². The van der Waals surface area contributed by atoms with E-state index in [0.29, 0.717) is 21.6 Å². The molecule has 0 aliphatic heterocycles.